The Hall–Kier alpha value is -1.97. The van der Waals surface area contributed by atoms with Gasteiger partial charge >= 0.3 is 0 Å². The van der Waals surface area contributed by atoms with Gasteiger partial charge in [-0.25, -0.2) is 0 Å². The number of aromatic hydroxyl groups is 1. The molecule has 1 aliphatic rings. The molecule has 1 aromatic carbocycles. The summed E-state index contributed by atoms with van der Waals surface area (Å²) in [5.74, 6) is 1.24. The molecule has 0 spiro atoms. The first-order valence-electron chi connectivity index (χ1n) is 8.13. The summed E-state index contributed by atoms with van der Waals surface area (Å²) in [6.07, 6.45) is 3.85. The zero-order chi connectivity index (χ0) is 16.9. The summed E-state index contributed by atoms with van der Waals surface area (Å²) in [4.78, 5) is 8.84. The van der Waals surface area contributed by atoms with E-state index >= 15 is 0 Å². The molecular weight excluding hydrogens is 431 g/mol. The number of benzene rings is 1. The topological polar surface area (TPSA) is 68.9 Å². The van der Waals surface area contributed by atoms with E-state index in [1.165, 1.54) is 0 Å². The van der Waals surface area contributed by atoms with Crippen LogP contribution in [0.1, 0.15) is 5.56 Å². The normalized spacial score (nSPS) is 15.0. The van der Waals surface area contributed by atoms with Crippen LogP contribution < -0.4 is 10.2 Å². The third-order valence-corrected chi connectivity index (χ3v) is 4.22. The Morgan fingerprint density at radius 2 is 1.96 bits per heavy atom. The summed E-state index contributed by atoms with van der Waals surface area (Å²) in [7, 11) is 3.72. The van der Waals surface area contributed by atoms with Crippen molar-refractivity contribution in [3.05, 3.63) is 42.2 Å². The molecule has 0 aliphatic carbocycles. The van der Waals surface area contributed by atoms with Crippen LogP contribution in [0, 0.1) is 0 Å². The van der Waals surface area contributed by atoms with E-state index in [-0.39, 0.29) is 24.0 Å². The number of aliphatic imine (C=N–C) groups is 1. The number of aromatic nitrogens is 2. The minimum absolute atomic E-state index is 0. The van der Waals surface area contributed by atoms with Gasteiger partial charge in [0.15, 0.2) is 5.96 Å². The number of hydrogen-bond acceptors (Lipinski definition) is 4. The van der Waals surface area contributed by atoms with Crippen LogP contribution in [-0.4, -0.2) is 59.0 Å². The maximum absolute atomic E-state index is 10.00. The molecule has 7 nitrogen and oxygen atoms in total. The molecule has 3 rings (SSSR count). The summed E-state index contributed by atoms with van der Waals surface area (Å²) >= 11 is 0. The number of nitrogens with one attached hydrogen (secondary N) is 1. The number of piperazine rings is 1. The summed E-state index contributed by atoms with van der Waals surface area (Å²) in [6, 6.07) is 7.49. The number of rotatable bonds is 3. The molecule has 0 bridgehead atoms. The molecule has 1 aliphatic heterocycles. The van der Waals surface area contributed by atoms with Gasteiger partial charge in [0.25, 0.3) is 0 Å². The van der Waals surface area contributed by atoms with Crippen molar-refractivity contribution in [1.29, 1.82) is 0 Å². The number of phenolic OH excluding ortho intramolecular Hbond substituents is 1. The quantitative estimate of drug-likeness (QED) is 0.418. The second-order valence-corrected chi connectivity index (χ2v) is 5.89. The Balaban J connectivity index is 0.00000225. The first-order valence-corrected chi connectivity index (χ1v) is 8.13. The van der Waals surface area contributed by atoms with Crippen LogP contribution >= 0.6 is 24.0 Å². The largest absolute Gasteiger partial charge is 0.506 e. The monoisotopic (exact) mass is 456 g/mol. The number of hydrogen-bond donors (Lipinski definition) is 2. The van der Waals surface area contributed by atoms with Gasteiger partial charge in [-0.1, -0.05) is 12.1 Å². The highest BCUT2D eigenvalue weighted by molar-refractivity contribution is 14.0. The summed E-state index contributed by atoms with van der Waals surface area (Å²) in [5, 5.41) is 17.6. The van der Waals surface area contributed by atoms with Crippen molar-refractivity contribution < 1.29 is 5.11 Å². The molecule has 136 valence electrons. The maximum atomic E-state index is 10.00. The van der Waals surface area contributed by atoms with Gasteiger partial charge < -0.3 is 20.2 Å². The molecule has 8 heteroatoms. The van der Waals surface area contributed by atoms with Crippen LogP contribution in [0.5, 0.6) is 5.75 Å². The van der Waals surface area contributed by atoms with Crippen LogP contribution in [0.2, 0.25) is 0 Å². The molecule has 1 saturated heterocycles. The van der Waals surface area contributed by atoms with Gasteiger partial charge in [0.2, 0.25) is 0 Å². The third-order valence-electron chi connectivity index (χ3n) is 4.22. The fourth-order valence-electron chi connectivity index (χ4n) is 2.97. The molecule has 0 saturated carbocycles. The van der Waals surface area contributed by atoms with Gasteiger partial charge in [-0.05, 0) is 12.1 Å². The lowest BCUT2D eigenvalue weighted by Gasteiger charge is -2.37. The molecule has 2 aromatic rings. The average molecular weight is 456 g/mol. The van der Waals surface area contributed by atoms with Crippen molar-refractivity contribution in [3.63, 3.8) is 0 Å². The van der Waals surface area contributed by atoms with Gasteiger partial charge in [-0.15, -0.1) is 24.0 Å². The number of phenols is 1. The Labute approximate surface area is 165 Å². The smallest absolute Gasteiger partial charge is 0.194 e. The zero-order valence-electron chi connectivity index (χ0n) is 14.6. The highest BCUT2D eigenvalue weighted by Crippen LogP contribution is 2.27. The molecule has 2 N–H and O–H groups in total. The predicted octanol–water partition coefficient (Wildman–Crippen LogP) is 1.64. The summed E-state index contributed by atoms with van der Waals surface area (Å²) in [6.45, 7) is 4.14. The lowest BCUT2D eigenvalue weighted by Crippen LogP contribution is -2.52. The molecule has 2 heterocycles. The van der Waals surface area contributed by atoms with E-state index in [0.29, 0.717) is 12.3 Å². The Bertz CT molecular complexity index is 709. The van der Waals surface area contributed by atoms with Gasteiger partial charge in [0, 0.05) is 58.6 Å². The van der Waals surface area contributed by atoms with Gasteiger partial charge in [-0.3, -0.25) is 9.67 Å². The minimum atomic E-state index is 0. The number of para-hydroxylation sites is 2. The Morgan fingerprint density at radius 1 is 1.24 bits per heavy atom. The number of anilines is 1. The van der Waals surface area contributed by atoms with Gasteiger partial charge in [-0.2, -0.15) is 5.10 Å². The highest BCUT2D eigenvalue weighted by Gasteiger charge is 2.21. The molecule has 0 amide bonds. The van der Waals surface area contributed by atoms with Crippen molar-refractivity contribution in [2.45, 2.75) is 6.54 Å². The van der Waals surface area contributed by atoms with Crippen LogP contribution in [0.25, 0.3) is 0 Å². The predicted molar refractivity (Wildman–Crippen MR) is 111 cm³/mol. The lowest BCUT2D eigenvalue weighted by molar-refractivity contribution is 0.369. The average Bonchev–Trinajstić information content (AvgIpc) is 3.02. The van der Waals surface area contributed by atoms with Crippen LogP contribution in [0.4, 0.5) is 5.69 Å². The lowest BCUT2D eigenvalue weighted by atomic mass is 10.2. The summed E-state index contributed by atoms with van der Waals surface area (Å²) < 4.78 is 1.80. The van der Waals surface area contributed by atoms with Gasteiger partial charge in [0.1, 0.15) is 5.75 Å². The Morgan fingerprint density at radius 3 is 2.56 bits per heavy atom. The standard InChI is InChI=1S/C17H24N6O.HI/c1-18-17(19-11-14-12-20-21(2)13-14)23-9-7-22(8-10-23)15-5-3-4-6-16(15)24;/h3-6,12-13,24H,7-11H2,1-2H3,(H,18,19);1H. The number of guanidine groups is 1. The van der Waals surface area contributed by atoms with Crippen molar-refractivity contribution in [3.8, 4) is 5.75 Å². The molecule has 0 unspecified atom stereocenters. The molecule has 0 radical (unpaired) electrons. The number of nitrogens with zero attached hydrogens (tertiary/aromatic N) is 5. The van der Waals surface area contributed by atoms with Crippen molar-refractivity contribution in [2.24, 2.45) is 12.0 Å². The highest BCUT2D eigenvalue weighted by atomic mass is 127. The molecule has 1 fully saturated rings. The zero-order valence-corrected chi connectivity index (χ0v) is 16.9. The summed E-state index contributed by atoms with van der Waals surface area (Å²) in [5.41, 5.74) is 2.03. The fraction of sp³-hybridized carbons (Fsp3) is 0.412. The maximum Gasteiger partial charge on any atom is 0.194 e. The van der Waals surface area contributed by atoms with E-state index in [1.54, 1.807) is 17.8 Å². The van der Waals surface area contributed by atoms with E-state index in [1.807, 2.05) is 37.6 Å². The number of halogens is 1. The molecular formula is C17H25IN6O. The Kier molecular flexibility index (Phi) is 6.91. The van der Waals surface area contributed by atoms with Crippen LogP contribution in [0.15, 0.2) is 41.7 Å². The first kappa shape index (κ1) is 19.4. The second kappa shape index (κ2) is 8.93. The minimum Gasteiger partial charge on any atom is -0.506 e. The molecule has 25 heavy (non-hydrogen) atoms. The molecule has 0 atom stereocenters. The first-order chi connectivity index (χ1) is 11.7. The van der Waals surface area contributed by atoms with Crippen molar-refractivity contribution in [1.82, 2.24) is 20.0 Å². The molecule has 1 aromatic heterocycles. The van der Waals surface area contributed by atoms with E-state index < -0.39 is 0 Å². The second-order valence-electron chi connectivity index (χ2n) is 5.89. The van der Waals surface area contributed by atoms with Crippen molar-refractivity contribution in [2.75, 3.05) is 38.1 Å². The third kappa shape index (κ3) is 4.77. The van der Waals surface area contributed by atoms with Gasteiger partial charge in [0.05, 0.1) is 11.9 Å². The van der Waals surface area contributed by atoms with Crippen LogP contribution in [-0.2, 0) is 13.6 Å². The van der Waals surface area contributed by atoms with E-state index in [2.05, 4.69) is 25.2 Å². The van der Waals surface area contributed by atoms with Crippen LogP contribution in [0.3, 0.4) is 0 Å². The number of aryl methyl sites for hydroxylation is 1. The fourth-order valence-corrected chi connectivity index (χ4v) is 2.97. The van der Waals surface area contributed by atoms with E-state index in [9.17, 15) is 5.11 Å². The van der Waals surface area contributed by atoms with E-state index in [0.717, 1.165) is 43.4 Å². The van der Waals surface area contributed by atoms with E-state index in [4.69, 9.17) is 0 Å². The van der Waals surface area contributed by atoms with Crippen molar-refractivity contribution >= 4 is 35.6 Å². The SMILES string of the molecule is CN=C(NCc1cnn(C)c1)N1CCN(c2ccccc2O)CC1.I.